The molecule has 2 aromatic carbocycles. The van der Waals surface area contributed by atoms with E-state index >= 15 is 0 Å². The molecule has 0 aliphatic carbocycles. The normalized spacial score (nSPS) is 13.7. The van der Waals surface area contributed by atoms with Crippen LogP contribution in [0.25, 0.3) is 0 Å². The largest absolute Gasteiger partial charge is 0.444 e. The van der Waals surface area contributed by atoms with Gasteiger partial charge in [0.15, 0.2) is 0 Å². The molecule has 1 amide bonds. The fraction of sp³-hybridized carbons (Fsp3) is 0.381. The molecule has 140 valence electrons. The molecule has 0 fully saturated rings. The minimum atomic E-state index is -1.21. The quantitative estimate of drug-likeness (QED) is 0.824. The van der Waals surface area contributed by atoms with Crippen molar-refractivity contribution in [1.82, 2.24) is 5.32 Å². The van der Waals surface area contributed by atoms with E-state index in [4.69, 9.17) is 4.74 Å². The van der Waals surface area contributed by atoms with Gasteiger partial charge in [-0.05, 0) is 51.3 Å². The first-order chi connectivity index (χ1) is 12.2. The summed E-state index contributed by atoms with van der Waals surface area (Å²) in [7, 11) is -1.21. The number of rotatable bonds is 6. The summed E-state index contributed by atoms with van der Waals surface area (Å²) in [6, 6.07) is 17.2. The summed E-state index contributed by atoms with van der Waals surface area (Å²) in [6.45, 7) is 7.42. The van der Waals surface area contributed by atoms with Crippen molar-refractivity contribution in [2.45, 2.75) is 50.7 Å². The zero-order chi connectivity index (χ0) is 19.2. The van der Waals surface area contributed by atoms with E-state index < -0.39 is 22.5 Å². The van der Waals surface area contributed by atoms with Crippen molar-refractivity contribution >= 4 is 16.9 Å². The van der Waals surface area contributed by atoms with Gasteiger partial charge < -0.3 is 10.1 Å². The van der Waals surface area contributed by atoms with Crippen LogP contribution >= 0.6 is 0 Å². The van der Waals surface area contributed by atoms with Crippen LogP contribution in [0.3, 0.4) is 0 Å². The van der Waals surface area contributed by atoms with E-state index in [-0.39, 0.29) is 6.04 Å². The second-order valence-corrected chi connectivity index (χ2v) is 8.77. The van der Waals surface area contributed by atoms with Crippen LogP contribution in [0.5, 0.6) is 0 Å². The smallest absolute Gasteiger partial charge is 0.407 e. The molecule has 0 spiro atoms. The van der Waals surface area contributed by atoms with Crippen LogP contribution < -0.4 is 5.32 Å². The molecule has 0 aromatic heterocycles. The van der Waals surface area contributed by atoms with E-state index in [1.54, 1.807) is 0 Å². The van der Waals surface area contributed by atoms with Crippen LogP contribution in [0.15, 0.2) is 59.5 Å². The highest BCUT2D eigenvalue weighted by molar-refractivity contribution is 7.85. The van der Waals surface area contributed by atoms with Crippen LogP contribution in [0.2, 0.25) is 0 Å². The summed E-state index contributed by atoms with van der Waals surface area (Å²) in [6.07, 6.45) is 0.109. The molecule has 2 rings (SSSR count). The third kappa shape index (κ3) is 6.64. The van der Waals surface area contributed by atoms with Gasteiger partial charge >= 0.3 is 6.09 Å². The maximum atomic E-state index is 12.9. The molecule has 0 radical (unpaired) electrons. The molecular weight excluding hydrogens is 346 g/mol. The zero-order valence-corrected chi connectivity index (χ0v) is 16.6. The van der Waals surface area contributed by atoms with Gasteiger partial charge in [0.1, 0.15) is 5.60 Å². The van der Waals surface area contributed by atoms with Crippen LogP contribution in [0, 0.1) is 6.92 Å². The fourth-order valence-electron chi connectivity index (χ4n) is 2.61. The van der Waals surface area contributed by atoms with Gasteiger partial charge in [-0.15, -0.1) is 0 Å². The third-order valence-electron chi connectivity index (χ3n) is 3.74. The Hall–Kier alpha value is -2.14. The number of benzene rings is 2. The highest BCUT2D eigenvalue weighted by Gasteiger charge is 2.22. The average Bonchev–Trinajstić information content (AvgIpc) is 2.54. The van der Waals surface area contributed by atoms with Crippen LogP contribution in [-0.4, -0.2) is 27.7 Å². The maximum Gasteiger partial charge on any atom is 0.407 e. The van der Waals surface area contributed by atoms with E-state index in [2.05, 4.69) is 5.32 Å². The summed E-state index contributed by atoms with van der Waals surface area (Å²) in [5.41, 5.74) is 1.49. The van der Waals surface area contributed by atoms with Crippen molar-refractivity contribution in [2.75, 3.05) is 5.75 Å². The van der Waals surface area contributed by atoms with E-state index in [1.807, 2.05) is 82.3 Å². The van der Waals surface area contributed by atoms with Crippen molar-refractivity contribution in [3.63, 3.8) is 0 Å². The molecular formula is C21H27NO3S. The minimum absolute atomic E-state index is 0.285. The molecule has 1 unspecified atom stereocenters. The van der Waals surface area contributed by atoms with Crippen molar-refractivity contribution in [3.05, 3.63) is 65.7 Å². The van der Waals surface area contributed by atoms with Gasteiger partial charge in [-0.3, -0.25) is 4.21 Å². The summed E-state index contributed by atoms with van der Waals surface area (Å²) in [5.74, 6) is 0.332. The van der Waals surface area contributed by atoms with Gasteiger partial charge in [-0.25, -0.2) is 4.79 Å². The lowest BCUT2D eigenvalue weighted by molar-refractivity contribution is 0.0509. The van der Waals surface area contributed by atoms with E-state index in [1.165, 1.54) is 0 Å². The predicted octanol–water partition coefficient (Wildman–Crippen LogP) is 4.24. The predicted molar refractivity (Wildman–Crippen MR) is 106 cm³/mol. The second kappa shape index (κ2) is 8.99. The number of hydrogen-bond acceptors (Lipinski definition) is 3. The van der Waals surface area contributed by atoms with Crippen molar-refractivity contribution < 1.29 is 13.7 Å². The third-order valence-corrected chi connectivity index (χ3v) is 5.39. The molecule has 2 aromatic rings. The number of nitrogens with one attached hydrogen (secondary N) is 1. The molecule has 0 heterocycles. The van der Waals surface area contributed by atoms with Gasteiger partial charge in [0.05, 0.1) is 10.8 Å². The summed E-state index contributed by atoms with van der Waals surface area (Å²) >= 11 is 0. The number of carbonyl (C=O) groups excluding carboxylic acids is 1. The first-order valence-corrected chi connectivity index (χ1v) is 10.0. The Bertz CT molecular complexity index is 753. The Labute approximate surface area is 158 Å². The number of hydrogen-bond donors (Lipinski definition) is 1. The molecule has 0 aliphatic rings. The zero-order valence-electron chi connectivity index (χ0n) is 15.8. The lowest BCUT2D eigenvalue weighted by Gasteiger charge is -2.24. The van der Waals surface area contributed by atoms with E-state index in [9.17, 15) is 9.00 Å². The first-order valence-electron chi connectivity index (χ1n) is 8.72. The van der Waals surface area contributed by atoms with Crippen molar-refractivity contribution in [1.29, 1.82) is 0 Å². The summed E-state index contributed by atoms with van der Waals surface area (Å²) in [4.78, 5) is 13.0. The SMILES string of the molecule is Cc1ccccc1S(=O)C[C@H](Cc1ccccc1)NC(=O)OC(C)(C)C. The van der Waals surface area contributed by atoms with E-state index in [0.29, 0.717) is 12.2 Å². The first kappa shape index (κ1) is 20.2. The Morgan fingerprint density at radius 2 is 1.69 bits per heavy atom. The molecule has 2 atom stereocenters. The number of amides is 1. The Morgan fingerprint density at radius 1 is 1.08 bits per heavy atom. The molecule has 5 heteroatoms. The van der Waals surface area contributed by atoms with Gasteiger partial charge in [0.2, 0.25) is 0 Å². The minimum Gasteiger partial charge on any atom is -0.444 e. The summed E-state index contributed by atoms with van der Waals surface area (Å²) < 4.78 is 18.2. The van der Waals surface area contributed by atoms with Crippen molar-refractivity contribution in [2.24, 2.45) is 0 Å². The topological polar surface area (TPSA) is 55.4 Å². The average molecular weight is 374 g/mol. The monoisotopic (exact) mass is 373 g/mol. The van der Waals surface area contributed by atoms with Gasteiger partial charge in [-0.2, -0.15) is 0 Å². The van der Waals surface area contributed by atoms with Crippen LogP contribution in [0.1, 0.15) is 31.9 Å². The highest BCUT2D eigenvalue weighted by Crippen LogP contribution is 2.15. The summed E-state index contributed by atoms with van der Waals surface area (Å²) in [5, 5.41) is 2.89. The second-order valence-electron chi connectivity index (χ2n) is 7.31. The van der Waals surface area contributed by atoms with Crippen molar-refractivity contribution in [3.8, 4) is 0 Å². The number of carbonyl (C=O) groups is 1. The number of alkyl carbamates (subject to hydrolysis) is 1. The van der Waals surface area contributed by atoms with Gasteiger partial charge in [0, 0.05) is 16.7 Å². The van der Waals surface area contributed by atoms with Gasteiger partial charge in [-0.1, -0.05) is 48.5 Å². The molecule has 0 aliphatic heterocycles. The molecule has 1 N–H and O–H groups in total. The highest BCUT2D eigenvalue weighted by atomic mass is 32.2. The van der Waals surface area contributed by atoms with Crippen LogP contribution in [0.4, 0.5) is 4.79 Å². The lowest BCUT2D eigenvalue weighted by Crippen LogP contribution is -2.43. The van der Waals surface area contributed by atoms with Gasteiger partial charge in [0.25, 0.3) is 0 Å². The lowest BCUT2D eigenvalue weighted by atomic mass is 10.1. The number of ether oxygens (including phenoxy) is 1. The fourth-order valence-corrected chi connectivity index (χ4v) is 4.01. The maximum absolute atomic E-state index is 12.9. The molecule has 4 nitrogen and oxygen atoms in total. The number of aryl methyl sites for hydroxylation is 1. The molecule has 26 heavy (non-hydrogen) atoms. The molecule has 0 saturated carbocycles. The molecule has 0 bridgehead atoms. The Morgan fingerprint density at radius 3 is 2.31 bits per heavy atom. The molecule has 0 saturated heterocycles. The Kier molecular flexibility index (Phi) is 6.98. The standard InChI is InChI=1S/C21H27NO3S/c1-16-10-8-9-13-19(16)26(24)15-18(14-17-11-6-5-7-12-17)22-20(23)25-21(2,3)4/h5-13,18H,14-15H2,1-4H3,(H,22,23)/t18-,26?/m0/s1. The Balaban J connectivity index is 2.13. The van der Waals surface area contributed by atoms with Crippen LogP contribution in [-0.2, 0) is 22.0 Å². The van der Waals surface area contributed by atoms with E-state index in [0.717, 1.165) is 16.0 Å².